The molecule has 0 aliphatic heterocycles. The Morgan fingerprint density at radius 1 is 1.12 bits per heavy atom. The summed E-state index contributed by atoms with van der Waals surface area (Å²) in [6, 6.07) is 3.82. The van der Waals surface area contributed by atoms with Crippen LogP contribution in [0.1, 0.15) is 50.8 Å². The molecule has 4 nitrogen and oxygen atoms in total. The molecule has 0 aromatic carbocycles. The van der Waals surface area contributed by atoms with Crippen molar-refractivity contribution in [2.24, 2.45) is 0 Å². The fraction of sp³-hybridized carbons (Fsp3) is 0.583. The van der Waals surface area contributed by atoms with Gasteiger partial charge in [0.1, 0.15) is 5.82 Å². The van der Waals surface area contributed by atoms with E-state index in [9.17, 15) is 8.42 Å². The fourth-order valence-corrected chi connectivity index (χ4v) is 1.93. The van der Waals surface area contributed by atoms with Gasteiger partial charge < -0.3 is 0 Å². The topological polar surface area (TPSA) is 59.1 Å². The van der Waals surface area contributed by atoms with Crippen LogP contribution in [0.3, 0.4) is 0 Å². The van der Waals surface area contributed by atoms with Gasteiger partial charge in [-0.15, -0.1) is 0 Å². The van der Waals surface area contributed by atoms with E-state index in [0.29, 0.717) is 11.7 Å². The summed E-state index contributed by atoms with van der Waals surface area (Å²) in [6.07, 6.45) is 1.13. The molecule has 0 aliphatic rings. The van der Waals surface area contributed by atoms with Crippen LogP contribution in [-0.4, -0.2) is 19.7 Å². The lowest BCUT2D eigenvalue weighted by atomic mass is 10.0. The molecule has 1 aromatic heterocycles. The number of hydrogen-bond acceptors (Lipinski definition) is 3. The van der Waals surface area contributed by atoms with Crippen molar-refractivity contribution in [3.63, 3.8) is 0 Å². The van der Waals surface area contributed by atoms with Gasteiger partial charge in [0.2, 0.25) is 10.0 Å². The zero-order valence-electron chi connectivity index (χ0n) is 11.0. The Bertz CT molecular complexity index is 467. The summed E-state index contributed by atoms with van der Waals surface area (Å²) in [7, 11) is -3.27. The second-order valence-electron chi connectivity index (χ2n) is 4.89. The van der Waals surface area contributed by atoms with Crippen LogP contribution in [0, 0.1) is 0 Å². The Morgan fingerprint density at radius 2 is 1.71 bits per heavy atom. The molecular formula is C12H20N2O2S. The van der Waals surface area contributed by atoms with Crippen LogP contribution in [0.5, 0.6) is 0 Å². The van der Waals surface area contributed by atoms with Crippen LogP contribution in [0.2, 0.25) is 0 Å². The molecule has 96 valence electrons. The second kappa shape index (κ2) is 5.04. The predicted octanol–water partition coefficient (Wildman–Crippen LogP) is 2.70. The van der Waals surface area contributed by atoms with Crippen molar-refractivity contribution in [1.29, 1.82) is 0 Å². The van der Waals surface area contributed by atoms with Crippen LogP contribution in [0.25, 0.3) is 0 Å². The van der Waals surface area contributed by atoms with Gasteiger partial charge in [-0.25, -0.2) is 13.4 Å². The summed E-state index contributed by atoms with van der Waals surface area (Å²) in [6.45, 7) is 8.22. The maximum atomic E-state index is 11.2. The Balaban J connectivity index is 3.22. The number of hydrogen-bond donors (Lipinski definition) is 1. The molecule has 5 heteroatoms. The maximum absolute atomic E-state index is 11.2. The smallest absolute Gasteiger partial charge is 0.230 e. The molecule has 0 spiro atoms. The minimum Gasteiger partial charge on any atom is -0.268 e. The molecular weight excluding hydrogens is 236 g/mol. The first-order valence-electron chi connectivity index (χ1n) is 5.68. The molecule has 0 atom stereocenters. The van der Waals surface area contributed by atoms with Crippen LogP contribution >= 0.6 is 0 Å². The summed E-state index contributed by atoms with van der Waals surface area (Å²) in [5, 5.41) is 0. The highest BCUT2D eigenvalue weighted by molar-refractivity contribution is 7.92. The summed E-state index contributed by atoms with van der Waals surface area (Å²) in [4.78, 5) is 4.31. The number of anilines is 1. The Kier molecular flexibility index (Phi) is 4.14. The SMILES string of the molecule is CC(C)c1cc(NS(C)(=O)=O)nc(C(C)C)c1. The Hall–Kier alpha value is -1.10. The lowest BCUT2D eigenvalue weighted by Gasteiger charge is -2.13. The summed E-state index contributed by atoms with van der Waals surface area (Å²) in [5.41, 5.74) is 2.00. The molecule has 0 amide bonds. The molecule has 17 heavy (non-hydrogen) atoms. The predicted molar refractivity (Wildman–Crippen MR) is 70.9 cm³/mol. The summed E-state index contributed by atoms with van der Waals surface area (Å²) >= 11 is 0. The average molecular weight is 256 g/mol. The van der Waals surface area contributed by atoms with Gasteiger partial charge in [-0.1, -0.05) is 27.7 Å². The van der Waals surface area contributed by atoms with Gasteiger partial charge >= 0.3 is 0 Å². The molecule has 0 aliphatic carbocycles. The number of nitrogens with one attached hydrogen (secondary N) is 1. The van der Waals surface area contributed by atoms with E-state index in [1.807, 2.05) is 19.9 Å². The fourth-order valence-electron chi connectivity index (χ4n) is 1.45. The van der Waals surface area contributed by atoms with Gasteiger partial charge in [0, 0.05) is 5.69 Å². The highest BCUT2D eigenvalue weighted by Crippen LogP contribution is 2.23. The maximum Gasteiger partial charge on any atom is 0.230 e. The highest BCUT2D eigenvalue weighted by atomic mass is 32.2. The van der Waals surface area contributed by atoms with Gasteiger partial charge in [-0.05, 0) is 29.5 Å². The van der Waals surface area contributed by atoms with Crippen LogP contribution in [0.4, 0.5) is 5.82 Å². The van der Waals surface area contributed by atoms with Gasteiger partial charge in [-0.2, -0.15) is 0 Å². The molecule has 0 saturated heterocycles. The molecule has 0 radical (unpaired) electrons. The molecule has 1 aromatic rings. The minimum absolute atomic E-state index is 0.272. The van der Waals surface area contributed by atoms with Gasteiger partial charge in [0.05, 0.1) is 6.26 Å². The molecule has 0 unspecified atom stereocenters. The third-order valence-corrected chi connectivity index (χ3v) is 3.00. The monoisotopic (exact) mass is 256 g/mol. The van der Waals surface area contributed by atoms with Crippen molar-refractivity contribution in [1.82, 2.24) is 4.98 Å². The Morgan fingerprint density at radius 3 is 2.12 bits per heavy atom. The zero-order valence-corrected chi connectivity index (χ0v) is 11.8. The van der Waals surface area contributed by atoms with Crippen molar-refractivity contribution in [3.05, 3.63) is 23.4 Å². The first kappa shape index (κ1) is 14.0. The van der Waals surface area contributed by atoms with E-state index in [1.165, 1.54) is 0 Å². The van der Waals surface area contributed by atoms with Crippen molar-refractivity contribution in [2.45, 2.75) is 39.5 Å². The van der Waals surface area contributed by atoms with Crippen molar-refractivity contribution in [2.75, 3.05) is 11.0 Å². The third kappa shape index (κ3) is 4.34. The Labute approximate surface area is 104 Å². The van der Waals surface area contributed by atoms with Gasteiger partial charge in [0.15, 0.2) is 0 Å². The van der Waals surface area contributed by atoms with E-state index < -0.39 is 10.0 Å². The summed E-state index contributed by atoms with van der Waals surface area (Å²) in [5.74, 6) is 1.02. The van der Waals surface area contributed by atoms with Crippen molar-refractivity contribution < 1.29 is 8.42 Å². The van der Waals surface area contributed by atoms with E-state index in [-0.39, 0.29) is 5.92 Å². The minimum atomic E-state index is -3.27. The van der Waals surface area contributed by atoms with Gasteiger partial charge in [0.25, 0.3) is 0 Å². The lowest BCUT2D eigenvalue weighted by Crippen LogP contribution is -2.12. The van der Waals surface area contributed by atoms with Crippen molar-refractivity contribution >= 4 is 15.8 Å². The standard InChI is InChI=1S/C12H20N2O2S/c1-8(2)10-6-11(9(3)4)13-12(7-10)14-17(5,15)16/h6-9H,1-5H3,(H,13,14). The van der Waals surface area contributed by atoms with E-state index in [4.69, 9.17) is 0 Å². The van der Waals surface area contributed by atoms with E-state index >= 15 is 0 Å². The largest absolute Gasteiger partial charge is 0.268 e. The molecule has 1 N–H and O–H groups in total. The molecule has 1 rings (SSSR count). The first-order chi connectivity index (χ1) is 7.69. The normalized spacial score (nSPS) is 12.2. The van der Waals surface area contributed by atoms with Crippen molar-refractivity contribution in [3.8, 4) is 0 Å². The number of sulfonamides is 1. The number of nitrogens with zero attached hydrogens (tertiary/aromatic N) is 1. The van der Waals surface area contributed by atoms with Gasteiger partial charge in [-0.3, -0.25) is 4.72 Å². The molecule has 0 saturated carbocycles. The van der Waals surface area contributed by atoms with E-state index in [0.717, 1.165) is 17.5 Å². The van der Waals surface area contributed by atoms with Crippen LogP contribution < -0.4 is 4.72 Å². The van der Waals surface area contributed by atoms with E-state index in [2.05, 4.69) is 23.6 Å². The van der Waals surface area contributed by atoms with Crippen LogP contribution in [-0.2, 0) is 10.0 Å². The quantitative estimate of drug-likeness (QED) is 0.901. The number of pyridine rings is 1. The lowest BCUT2D eigenvalue weighted by molar-refractivity contribution is 0.606. The second-order valence-corrected chi connectivity index (χ2v) is 6.64. The van der Waals surface area contributed by atoms with E-state index in [1.54, 1.807) is 6.07 Å². The first-order valence-corrected chi connectivity index (χ1v) is 7.58. The molecule has 0 fully saturated rings. The number of rotatable bonds is 4. The molecule has 0 bridgehead atoms. The van der Waals surface area contributed by atoms with Crippen LogP contribution in [0.15, 0.2) is 12.1 Å². The number of aromatic nitrogens is 1. The molecule has 1 heterocycles. The summed E-state index contributed by atoms with van der Waals surface area (Å²) < 4.78 is 24.9. The average Bonchev–Trinajstić information content (AvgIpc) is 2.14. The third-order valence-electron chi connectivity index (χ3n) is 2.42. The zero-order chi connectivity index (χ0) is 13.2. The highest BCUT2D eigenvalue weighted by Gasteiger charge is 2.10.